The average Bonchev–Trinajstić information content (AvgIpc) is 2.97. The summed E-state index contributed by atoms with van der Waals surface area (Å²) in [6.45, 7) is 3.29. The lowest BCUT2D eigenvalue weighted by molar-refractivity contribution is -0.127. The Kier molecular flexibility index (Phi) is 5.82. The van der Waals surface area contributed by atoms with E-state index in [1.165, 1.54) is 41.3 Å². The molecular formula is C23H20FN3O6. The van der Waals surface area contributed by atoms with Crippen molar-refractivity contribution in [1.82, 2.24) is 4.90 Å². The Hall–Kier alpha value is -4.21. The van der Waals surface area contributed by atoms with E-state index >= 15 is 0 Å². The second-order valence-corrected chi connectivity index (χ2v) is 7.38. The lowest BCUT2D eigenvalue weighted by atomic mass is 10.1. The summed E-state index contributed by atoms with van der Waals surface area (Å²) in [4.78, 5) is 52.0. The molecule has 10 heteroatoms. The highest BCUT2D eigenvalue weighted by Crippen LogP contribution is 2.29. The predicted octanol–water partition coefficient (Wildman–Crippen LogP) is 3.86. The first kappa shape index (κ1) is 22.0. The van der Waals surface area contributed by atoms with Gasteiger partial charge in [0, 0.05) is 28.9 Å². The summed E-state index contributed by atoms with van der Waals surface area (Å²) in [5, 5.41) is 3.02. The van der Waals surface area contributed by atoms with E-state index in [0.29, 0.717) is 22.3 Å². The van der Waals surface area contributed by atoms with Gasteiger partial charge in [-0.1, -0.05) is 0 Å². The lowest BCUT2D eigenvalue weighted by Crippen LogP contribution is -2.33. The maximum Gasteiger partial charge on any atom is 0.411 e. The molecule has 170 valence electrons. The number of carbonyl (C=O) groups is 3. The monoisotopic (exact) mass is 453 g/mol. The van der Waals surface area contributed by atoms with E-state index in [9.17, 15) is 23.6 Å². The highest BCUT2D eigenvalue weighted by Gasteiger charge is 2.43. The van der Waals surface area contributed by atoms with Gasteiger partial charge in [-0.25, -0.2) is 18.8 Å². The van der Waals surface area contributed by atoms with E-state index in [-0.39, 0.29) is 18.7 Å². The van der Waals surface area contributed by atoms with E-state index in [4.69, 9.17) is 9.15 Å². The second-order valence-electron chi connectivity index (χ2n) is 7.38. The zero-order valence-electron chi connectivity index (χ0n) is 17.8. The first-order chi connectivity index (χ1) is 15.8. The molecule has 1 saturated heterocycles. The summed E-state index contributed by atoms with van der Waals surface area (Å²) in [6.07, 6.45) is -0.654. The molecule has 4 rings (SSSR count). The summed E-state index contributed by atoms with van der Waals surface area (Å²) in [5.74, 6) is -0.910. The SMILES string of the molecule is CCOC(=O)Nc1ccc2c(CN3C(=O)C(C)N(c4ccc(F)cc4)C3=O)cc(=O)oc2c1. The normalized spacial score (nSPS) is 15.9. The van der Waals surface area contributed by atoms with Gasteiger partial charge in [0.05, 0.1) is 13.2 Å². The van der Waals surface area contributed by atoms with Crippen LogP contribution in [0, 0.1) is 5.82 Å². The van der Waals surface area contributed by atoms with Crippen molar-refractivity contribution in [3.05, 3.63) is 70.3 Å². The Labute approximate surface area is 187 Å². The van der Waals surface area contributed by atoms with Gasteiger partial charge in [0.25, 0.3) is 5.91 Å². The van der Waals surface area contributed by atoms with E-state index in [0.717, 1.165) is 4.90 Å². The molecule has 0 radical (unpaired) electrons. The molecule has 2 heterocycles. The molecule has 1 N–H and O–H groups in total. The van der Waals surface area contributed by atoms with Crippen molar-refractivity contribution in [3.8, 4) is 0 Å². The van der Waals surface area contributed by atoms with E-state index in [1.807, 2.05) is 0 Å². The molecule has 1 aliphatic rings. The van der Waals surface area contributed by atoms with Crippen LogP contribution in [-0.4, -0.2) is 35.6 Å². The molecule has 3 aromatic rings. The first-order valence-electron chi connectivity index (χ1n) is 10.2. The summed E-state index contributed by atoms with van der Waals surface area (Å²) in [5.41, 5.74) is 0.643. The van der Waals surface area contributed by atoms with Gasteiger partial charge in [0.2, 0.25) is 0 Å². The molecule has 33 heavy (non-hydrogen) atoms. The Morgan fingerprint density at radius 3 is 2.55 bits per heavy atom. The number of hydrogen-bond acceptors (Lipinski definition) is 6. The van der Waals surface area contributed by atoms with Crippen molar-refractivity contribution in [2.24, 2.45) is 0 Å². The summed E-state index contributed by atoms with van der Waals surface area (Å²) in [6, 6.07) is 9.75. The second kappa shape index (κ2) is 8.73. The summed E-state index contributed by atoms with van der Waals surface area (Å²) < 4.78 is 23.4. The number of nitrogens with zero attached hydrogens (tertiary/aromatic N) is 2. The summed E-state index contributed by atoms with van der Waals surface area (Å²) in [7, 11) is 0. The first-order valence-corrected chi connectivity index (χ1v) is 10.2. The topological polar surface area (TPSA) is 109 Å². The maximum absolute atomic E-state index is 13.3. The Balaban J connectivity index is 1.64. The average molecular weight is 453 g/mol. The van der Waals surface area contributed by atoms with Crippen LogP contribution in [0.2, 0.25) is 0 Å². The number of urea groups is 1. The molecule has 0 bridgehead atoms. The standard InChI is InChI=1S/C23H20FN3O6/c1-3-32-22(30)25-16-6-9-18-14(10-20(28)33-19(18)11-16)12-26-21(29)13(2)27(23(26)31)17-7-4-15(24)5-8-17/h4-11,13H,3,12H2,1-2H3,(H,25,30). The fourth-order valence-electron chi connectivity index (χ4n) is 3.70. The highest BCUT2D eigenvalue weighted by molar-refractivity contribution is 6.14. The van der Waals surface area contributed by atoms with Crippen molar-refractivity contribution in [2.75, 3.05) is 16.8 Å². The van der Waals surface area contributed by atoms with E-state index in [1.54, 1.807) is 26.0 Å². The van der Waals surface area contributed by atoms with Gasteiger partial charge >= 0.3 is 17.7 Å². The zero-order valence-corrected chi connectivity index (χ0v) is 17.8. The molecule has 0 spiro atoms. The van der Waals surface area contributed by atoms with Crippen LogP contribution in [0.5, 0.6) is 0 Å². The molecule has 1 unspecified atom stereocenters. The van der Waals surface area contributed by atoms with Crippen LogP contribution in [-0.2, 0) is 16.1 Å². The molecule has 0 aliphatic carbocycles. The van der Waals surface area contributed by atoms with Crippen LogP contribution >= 0.6 is 0 Å². The fraction of sp³-hybridized carbons (Fsp3) is 0.217. The molecule has 4 amide bonds. The van der Waals surface area contributed by atoms with Crippen LogP contribution in [0.25, 0.3) is 11.0 Å². The molecule has 1 aliphatic heterocycles. The van der Waals surface area contributed by atoms with Gasteiger partial charge in [-0.15, -0.1) is 0 Å². The Morgan fingerprint density at radius 2 is 1.85 bits per heavy atom. The smallest absolute Gasteiger partial charge is 0.411 e. The Bertz CT molecular complexity index is 1300. The minimum absolute atomic E-state index is 0.160. The Morgan fingerprint density at radius 1 is 1.12 bits per heavy atom. The molecule has 1 atom stereocenters. The molecule has 1 aromatic heterocycles. The van der Waals surface area contributed by atoms with Gasteiger partial charge in [-0.3, -0.25) is 19.9 Å². The number of carbonyl (C=O) groups excluding carboxylic acids is 3. The number of anilines is 2. The third kappa shape index (κ3) is 4.27. The van der Waals surface area contributed by atoms with Crippen LogP contribution in [0.1, 0.15) is 19.4 Å². The van der Waals surface area contributed by atoms with Crippen LogP contribution in [0.3, 0.4) is 0 Å². The van der Waals surface area contributed by atoms with Crippen LogP contribution in [0.15, 0.2) is 57.7 Å². The quantitative estimate of drug-likeness (QED) is 0.464. The van der Waals surface area contributed by atoms with Gasteiger partial charge < -0.3 is 9.15 Å². The largest absolute Gasteiger partial charge is 0.450 e. The third-order valence-electron chi connectivity index (χ3n) is 5.23. The van der Waals surface area contributed by atoms with Gasteiger partial charge in [-0.2, -0.15) is 0 Å². The number of fused-ring (bicyclic) bond motifs is 1. The number of ether oxygens (including phenoxy) is 1. The highest BCUT2D eigenvalue weighted by atomic mass is 19.1. The number of amides is 4. The number of halogens is 1. The fourth-order valence-corrected chi connectivity index (χ4v) is 3.70. The summed E-state index contributed by atoms with van der Waals surface area (Å²) >= 11 is 0. The number of nitrogens with one attached hydrogen (secondary N) is 1. The predicted molar refractivity (Wildman–Crippen MR) is 117 cm³/mol. The van der Waals surface area contributed by atoms with Crippen molar-refractivity contribution >= 4 is 40.4 Å². The van der Waals surface area contributed by atoms with Gasteiger partial charge in [0.15, 0.2) is 0 Å². The van der Waals surface area contributed by atoms with E-state index < -0.39 is 35.5 Å². The molecule has 0 saturated carbocycles. The minimum Gasteiger partial charge on any atom is -0.450 e. The lowest BCUT2D eigenvalue weighted by Gasteiger charge is -2.19. The number of hydrogen-bond donors (Lipinski definition) is 1. The van der Waals surface area contributed by atoms with Crippen molar-refractivity contribution in [3.63, 3.8) is 0 Å². The zero-order chi connectivity index (χ0) is 23.7. The number of rotatable bonds is 5. The maximum atomic E-state index is 13.3. The molecule has 2 aromatic carbocycles. The third-order valence-corrected chi connectivity index (χ3v) is 5.23. The van der Waals surface area contributed by atoms with Gasteiger partial charge in [0.1, 0.15) is 17.4 Å². The van der Waals surface area contributed by atoms with Crippen molar-refractivity contribution in [1.29, 1.82) is 0 Å². The number of benzene rings is 2. The molecular weight excluding hydrogens is 433 g/mol. The van der Waals surface area contributed by atoms with Crippen LogP contribution in [0.4, 0.5) is 25.4 Å². The van der Waals surface area contributed by atoms with E-state index in [2.05, 4.69) is 5.32 Å². The van der Waals surface area contributed by atoms with Crippen LogP contribution < -0.4 is 15.8 Å². The number of imide groups is 1. The molecule has 1 fully saturated rings. The van der Waals surface area contributed by atoms with Crippen molar-refractivity contribution in [2.45, 2.75) is 26.4 Å². The van der Waals surface area contributed by atoms with Gasteiger partial charge in [-0.05, 0) is 55.8 Å². The van der Waals surface area contributed by atoms with Crippen molar-refractivity contribution < 1.29 is 27.9 Å². The minimum atomic E-state index is -0.797. The molecule has 9 nitrogen and oxygen atoms in total.